The van der Waals surface area contributed by atoms with Gasteiger partial charge in [-0.2, -0.15) is 0 Å². The van der Waals surface area contributed by atoms with E-state index in [1.54, 1.807) is 31.2 Å². The summed E-state index contributed by atoms with van der Waals surface area (Å²) < 4.78 is 0. The largest absolute Gasteiger partial charge is 0.396 e. The van der Waals surface area contributed by atoms with E-state index in [1.165, 1.54) is 0 Å². The highest BCUT2D eigenvalue weighted by molar-refractivity contribution is 6.41. The van der Waals surface area contributed by atoms with E-state index < -0.39 is 11.8 Å². The molecule has 1 aromatic carbocycles. The number of nitrogens with one attached hydrogen (secondary N) is 2. The summed E-state index contributed by atoms with van der Waals surface area (Å²) in [5.41, 5.74) is 0.383. The first kappa shape index (κ1) is 14.5. The average molecular weight is 271 g/mol. The van der Waals surface area contributed by atoms with Crippen LogP contribution in [0.25, 0.3) is 0 Å². The minimum absolute atomic E-state index is 0.0480. The van der Waals surface area contributed by atoms with Crippen molar-refractivity contribution in [1.29, 1.82) is 0 Å². The number of aliphatic hydroxyl groups excluding tert-OH is 1. The fourth-order valence-corrected chi connectivity index (χ4v) is 1.48. The van der Waals surface area contributed by atoms with E-state index in [0.717, 1.165) is 0 Å². The molecule has 1 atom stereocenters. The van der Waals surface area contributed by atoms with E-state index >= 15 is 0 Å². The molecule has 6 heteroatoms. The number of amides is 2. The van der Waals surface area contributed by atoms with Crippen molar-refractivity contribution in [3.63, 3.8) is 0 Å². The predicted molar refractivity (Wildman–Crippen MR) is 69.4 cm³/mol. The first-order valence-electron chi connectivity index (χ1n) is 5.52. The van der Waals surface area contributed by atoms with Gasteiger partial charge in [0.25, 0.3) is 0 Å². The molecule has 1 rings (SSSR count). The molecule has 0 radical (unpaired) electrons. The summed E-state index contributed by atoms with van der Waals surface area (Å²) in [6.45, 7) is 1.66. The van der Waals surface area contributed by atoms with Gasteiger partial charge in [0, 0.05) is 12.6 Å². The lowest BCUT2D eigenvalue weighted by atomic mass is 10.2. The maximum absolute atomic E-state index is 11.6. The SMILES string of the molecule is C[C@H](CCO)NC(=O)C(=O)Nc1ccccc1Cl. The van der Waals surface area contributed by atoms with Crippen molar-refractivity contribution >= 4 is 29.1 Å². The van der Waals surface area contributed by atoms with Crippen LogP contribution in [0.1, 0.15) is 13.3 Å². The molecule has 0 saturated heterocycles. The summed E-state index contributed by atoms with van der Waals surface area (Å²) in [5.74, 6) is -1.54. The quantitative estimate of drug-likeness (QED) is 0.719. The summed E-state index contributed by atoms with van der Waals surface area (Å²) in [7, 11) is 0. The number of halogens is 1. The standard InChI is InChI=1S/C12H15ClN2O3/c1-8(6-7-16)14-11(17)12(18)15-10-5-3-2-4-9(10)13/h2-5,8,16H,6-7H2,1H3,(H,14,17)(H,15,18)/t8-/m1/s1. The Morgan fingerprint density at radius 2 is 2.00 bits per heavy atom. The van der Waals surface area contributed by atoms with Gasteiger partial charge >= 0.3 is 11.8 Å². The fourth-order valence-electron chi connectivity index (χ4n) is 1.30. The van der Waals surface area contributed by atoms with Crippen molar-refractivity contribution in [1.82, 2.24) is 5.32 Å². The maximum atomic E-state index is 11.6. The van der Waals surface area contributed by atoms with Gasteiger partial charge in [-0.3, -0.25) is 9.59 Å². The molecule has 0 aliphatic heterocycles. The van der Waals surface area contributed by atoms with Crippen LogP contribution < -0.4 is 10.6 Å². The van der Waals surface area contributed by atoms with Gasteiger partial charge in [-0.25, -0.2) is 0 Å². The van der Waals surface area contributed by atoms with Crippen LogP contribution in [-0.4, -0.2) is 29.6 Å². The van der Waals surface area contributed by atoms with Gasteiger partial charge in [0.15, 0.2) is 0 Å². The van der Waals surface area contributed by atoms with Gasteiger partial charge in [0.2, 0.25) is 0 Å². The Balaban J connectivity index is 2.55. The third-order valence-corrected chi connectivity index (χ3v) is 2.60. The average Bonchev–Trinajstić information content (AvgIpc) is 2.32. The molecule has 1 aromatic rings. The molecular weight excluding hydrogens is 256 g/mol. The number of hydrogen-bond donors (Lipinski definition) is 3. The molecule has 18 heavy (non-hydrogen) atoms. The second kappa shape index (κ2) is 6.98. The number of hydrogen-bond acceptors (Lipinski definition) is 3. The molecule has 2 amide bonds. The van der Waals surface area contributed by atoms with Gasteiger partial charge in [0.1, 0.15) is 0 Å². The molecule has 0 unspecified atom stereocenters. The van der Waals surface area contributed by atoms with E-state index in [2.05, 4.69) is 10.6 Å². The smallest absolute Gasteiger partial charge is 0.313 e. The molecule has 5 nitrogen and oxygen atoms in total. The summed E-state index contributed by atoms with van der Waals surface area (Å²) in [6, 6.07) is 6.38. The van der Waals surface area contributed by atoms with Crippen molar-refractivity contribution in [3.05, 3.63) is 29.3 Å². The van der Waals surface area contributed by atoms with Crippen LogP contribution in [-0.2, 0) is 9.59 Å². The lowest BCUT2D eigenvalue weighted by Crippen LogP contribution is -2.40. The lowest BCUT2D eigenvalue weighted by molar-refractivity contribution is -0.136. The van der Waals surface area contributed by atoms with Crippen LogP contribution in [0, 0.1) is 0 Å². The summed E-state index contributed by atoms with van der Waals surface area (Å²) >= 11 is 5.85. The van der Waals surface area contributed by atoms with Gasteiger partial charge in [0.05, 0.1) is 10.7 Å². The van der Waals surface area contributed by atoms with Gasteiger partial charge < -0.3 is 15.7 Å². The van der Waals surface area contributed by atoms with Crippen molar-refractivity contribution in [2.45, 2.75) is 19.4 Å². The van der Waals surface area contributed by atoms with E-state index in [0.29, 0.717) is 17.1 Å². The van der Waals surface area contributed by atoms with Crippen molar-refractivity contribution in [2.24, 2.45) is 0 Å². The number of para-hydroxylation sites is 1. The Morgan fingerprint density at radius 3 is 2.61 bits per heavy atom. The van der Waals surface area contributed by atoms with Crippen molar-refractivity contribution in [2.75, 3.05) is 11.9 Å². The highest BCUT2D eigenvalue weighted by Gasteiger charge is 2.16. The fraction of sp³-hybridized carbons (Fsp3) is 0.333. The number of rotatable bonds is 4. The molecule has 0 heterocycles. The zero-order valence-electron chi connectivity index (χ0n) is 9.94. The van der Waals surface area contributed by atoms with Crippen molar-refractivity contribution < 1.29 is 14.7 Å². The number of carbonyl (C=O) groups excluding carboxylic acids is 2. The maximum Gasteiger partial charge on any atom is 0.313 e. The Morgan fingerprint density at radius 1 is 1.33 bits per heavy atom. The molecule has 0 bridgehead atoms. The van der Waals surface area contributed by atoms with E-state index in [1.807, 2.05) is 0 Å². The number of anilines is 1. The van der Waals surface area contributed by atoms with Crippen LogP contribution in [0.5, 0.6) is 0 Å². The van der Waals surface area contributed by atoms with Crippen LogP contribution in [0.3, 0.4) is 0 Å². The Hall–Kier alpha value is -1.59. The van der Waals surface area contributed by atoms with E-state index in [9.17, 15) is 9.59 Å². The van der Waals surface area contributed by atoms with E-state index in [-0.39, 0.29) is 12.6 Å². The third-order valence-electron chi connectivity index (χ3n) is 2.27. The second-order valence-electron chi connectivity index (χ2n) is 3.82. The van der Waals surface area contributed by atoms with E-state index in [4.69, 9.17) is 16.7 Å². The van der Waals surface area contributed by atoms with Gasteiger partial charge in [-0.05, 0) is 25.5 Å². The summed E-state index contributed by atoms with van der Waals surface area (Å²) in [5, 5.41) is 13.9. The molecule has 0 aliphatic carbocycles. The third kappa shape index (κ3) is 4.35. The highest BCUT2D eigenvalue weighted by Crippen LogP contribution is 2.20. The first-order valence-corrected chi connectivity index (χ1v) is 5.89. The molecule has 0 aromatic heterocycles. The number of benzene rings is 1. The number of aliphatic hydroxyl groups is 1. The molecular formula is C12H15ClN2O3. The monoisotopic (exact) mass is 270 g/mol. The number of carbonyl (C=O) groups is 2. The molecule has 3 N–H and O–H groups in total. The van der Waals surface area contributed by atoms with Crippen LogP contribution in [0.15, 0.2) is 24.3 Å². The molecule has 0 fully saturated rings. The van der Waals surface area contributed by atoms with Crippen LogP contribution in [0.2, 0.25) is 5.02 Å². The van der Waals surface area contributed by atoms with Crippen LogP contribution >= 0.6 is 11.6 Å². The zero-order chi connectivity index (χ0) is 13.5. The Bertz CT molecular complexity index is 437. The minimum atomic E-state index is -0.784. The van der Waals surface area contributed by atoms with Gasteiger partial charge in [-0.1, -0.05) is 23.7 Å². The molecule has 98 valence electrons. The summed E-state index contributed by atoms with van der Waals surface area (Å²) in [4.78, 5) is 23.1. The zero-order valence-corrected chi connectivity index (χ0v) is 10.7. The van der Waals surface area contributed by atoms with Gasteiger partial charge in [-0.15, -0.1) is 0 Å². The Labute approximate surface area is 110 Å². The lowest BCUT2D eigenvalue weighted by Gasteiger charge is -2.12. The Kier molecular flexibility index (Phi) is 5.61. The minimum Gasteiger partial charge on any atom is -0.396 e. The molecule has 0 saturated carbocycles. The molecule has 0 spiro atoms. The van der Waals surface area contributed by atoms with Crippen LogP contribution in [0.4, 0.5) is 5.69 Å². The first-order chi connectivity index (χ1) is 8.54. The second-order valence-corrected chi connectivity index (χ2v) is 4.23. The topological polar surface area (TPSA) is 78.4 Å². The molecule has 0 aliphatic rings. The normalized spacial score (nSPS) is 11.7. The van der Waals surface area contributed by atoms with Crippen molar-refractivity contribution in [3.8, 4) is 0 Å². The summed E-state index contributed by atoms with van der Waals surface area (Å²) in [6.07, 6.45) is 0.394. The predicted octanol–water partition coefficient (Wildman–Crippen LogP) is 1.17. The highest BCUT2D eigenvalue weighted by atomic mass is 35.5.